The minimum absolute atomic E-state index is 0.356. The van der Waals surface area contributed by atoms with Crippen molar-refractivity contribution in [3.63, 3.8) is 0 Å². The summed E-state index contributed by atoms with van der Waals surface area (Å²) in [5.74, 6) is -0.0364. The first kappa shape index (κ1) is 20.7. The van der Waals surface area contributed by atoms with Crippen molar-refractivity contribution in [2.24, 2.45) is 0 Å². The Labute approximate surface area is 184 Å². The van der Waals surface area contributed by atoms with E-state index in [9.17, 15) is 4.79 Å². The Hall–Kier alpha value is -3.58. The number of methoxy groups -OCH3 is 2. The second kappa shape index (κ2) is 8.28. The Balaban J connectivity index is 1.71. The van der Waals surface area contributed by atoms with E-state index in [0.29, 0.717) is 22.0 Å². The number of imidazole rings is 1. The van der Waals surface area contributed by atoms with Crippen LogP contribution in [0.3, 0.4) is 0 Å². The normalized spacial score (nSPS) is 10.9. The summed E-state index contributed by atoms with van der Waals surface area (Å²) in [6.07, 6.45) is 1.76. The Morgan fingerprint density at radius 2 is 1.94 bits per heavy atom. The van der Waals surface area contributed by atoms with Gasteiger partial charge in [0.2, 0.25) is 0 Å². The maximum atomic E-state index is 11.9. The quantitative estimate of drug-likeness (QED) is 0.445. The number of esters is 1. The minimum Gasteiger partial charge on any atom is -0.496 e. The number of halogens is 1. The van der Waals surface area contributed by atoms with Crippen LogP contribution in [0.5, 0.6) is 5.75 Å². The lowest BCUT2D eigenvalue weighted by molar-refractivity contribution is 0.0597. The van der Waals surface area contributed by atoms with Crippen LogP contribution >= 0.6 is 11.6 Å². The monoisotopic (exact) mass is 436 g/mol. The lowest BCUT2D eigenvalue weighted by Gasteiger charge is -2.11. The van der Waals surface area contributed by atoms with Crippen molar-refractivity contribution in [1.29, 1.82) is 0 Å². The van der Waals surface area contributed by atoms with E-state index in [-0.39, 0.29) is 0 Å². The molecule has 4 rings (SSSR count). The van der Waals surface area contributed by atoms with Crippen molar-refractivity contribution in [3.8, 4) is 34.1 Å². The van der Waals surface area contributed by atoms with Crippen molar-refractivity contribution in [2.45, 2.75) is 13.8 Å². The van der Waals surface area contributed by atoms with Gasteiger partial charge >= 0.3 is 5.97 Å². The topological polar surface area (TPSA) is 82.0 Å². The number of nitrogens with zero attached hydrogens (tertiary/aromatic N) is 3. The first-order valence-electron chi connectivity index (χ1n) is 9.56. The molecule has 0 unspecified atom stereocenters. The Morgan fingerprint density at radius 3 is 2.65 bits per heavy atom. The number of carbonyl (C=O) groups is 1. The van der Waals surface area contributed by atoms with Gasteiger partial charge in [-0.2, -0.15) is 5.10 Å². The summed E-state index contributed by atoms with van der Waals surface area (Å²) in [4.78, 5) is 16.5. The molecule has 0 spiro atoms. The van der Waals surface area contributed by atoms with Gasteiger partial charge in [-0.25, -0.2) is 9.78 Å². The molecular formula is C23H21ClN4O3. The molecule has 7 nitrogen and oxygen atoms in total. The molecule has 2 aromatic heterocycles. The number of hydrogen-bond donors (Lipinski definition) is 1. The zero-order valence-corrected chi connectivity index (χ0v) is 18.3. The summed E-state index contributed by atoms with van der Waals surface area (Å²) in [6, 6.07) is 12.9. The molecule has 0 bridgehead atoms. The molecule has 2 heterocycles. The molecule has 4 aromatic rings. The lowest BCUT2D eigenvalue weighted by Crippen LogP contribution is -2.04. The van der Waals surface area contributed by atoms with Crippen LogP contribution in [-0.4, -0.2) is 39.9 Å². The molecule has 158 valence electrons. The molecule has 0 fully saturated rings. The standard InChI is InChI=1S/C23H21ClN4O3/c1-13-6-5-7-17(24)22(13)28-12-25-21(14(28)2)19-11-18(26-27-19)15-8-9-16(23(29)31-4)20(10-15)30-3/h5-12H,1-4H3,(H,26,27). The molecule has 0 aliphatic rings. The van der Waals surface area contributed by atoms with Crippen LogP contribution in [0.1, 0.15) is 21.6 Å². The number of hydrogen-bond acceptors (Lipinski definition) is 5. The van der Waals surface area contributed by atoms with Crippen molar-refractivity contribution in [3.05, 3.63) is 70.6 Å². The van der Waals surface area contributed by atoms with Gasteiger partial charge in [0.25, 0.3) is 0 Å². The number of aryl methyl sites for hydroxylation is 1. The summed E-state index contributed by atoms with van der Waals surface area (Å²) < 4.78 is 12.1. The summed E-state index contributed by atoms with van der Waals surface area (Å²) in [6.45, 7) is 4.00. The highest BCUT2D eigenvalue weighted by atomic mass is 35.5. The number of aromatic nitrogens is 4. The van der Waals surface area contributed by atoms with Gasteiger partial charge in [-0.05, 0) is 43.7 Å². The largest absolute Gasteiger partial charge is 0.496 e. The van der Waals surface area contributed by atoms with Crippen LogP contribution < -0.4 is 4.74 Å². The van der Waals surface area contributed by atoms with E-state index in [2.05, 4.69) is 15.2 Å². The molecule has 1 N–H and O–H groups in total. The molecule has 0 radical (unpaired) electrons. The van der Waals surface area contributed by atoms with Crippen molar-refractivity contribution < 1.29 is 14.3 Å². The van der Waals surface area contributed by atoms with Gasteiger partial charge < -0.3 is 14.0 Å². The molecule has 0 aliphatic carbocycles. The maximum Gasteiger partial charge on any atom is 0.341 e. The van der Waals surface area contributed by atoms with Crippen LogP contribution in [0.2, 0.25) is 5.02 Å². The summed E-state index contributed by atoms with van der Waals surface area (Å²) in [7, 11) is 2.84. The highest BCUT2D eigenvalue weighted by Crippen LogP contribution is 2.32. The molecule has 31 heavy (non-hydrogen) atoms. The molecule has 2 aromatic carbocycles. The smallest absolute Gasteiger partial charge is 0.341 e. The van der Waals surface area contributed by atoms with Crippen molar-refractivity contribution >= 4 is 17.6 Å². The summed E-state index contributed by atoms with van der Waals surface area (Å²) >= 11 is 6.44. The fraction of sp³-hybridized carbons (Fsp3) is 0.174. The third kappa shape index (κ3) is 3.68. The predicted molar refractivity (Wildman–Crippen MR) is 119 cm³/mol. The van der Waals surface area contributed by atoms with Crippen molar-refractivity contribution in [1.82, 2.24) is 19.7 Å². The zero-order chi connectivity index (χ0) is 22.1. The van der Waals surface area contributed by atoms with E-state index in [1.54, 1.807) is 24.5 Å². The van der Waals surface area contributed by atoms with Crippen molar-refractivity contribution in [2.75, 3.05) is 14.2 Å². The highest BCUT2D eigenvalue weighted by Gasteiger charge is 2.18. The Morgan fingerprint density at radius 1 is 1.13 bits per heavy atom. The average Bonchev–Trinajstić information content (AvgIpc) is 3.40. The molecule has 0 amide bonds. The van der Waals surface area contributed by atoms with E-state index < -0.39 is 5.97 Å². The fourth-order valence-electron chi connectivity index (χ4n) is 3.55. The number of rotatable bonds is 5. The summed E-state index contributed by atoms with van der Waals surface area (Å²) in [5, 5.41) is 8.13. The molecule has 0 saturated carbocycles. The molecule has 0 saturated heterocycles. The number of benzene rings is 2. The van der Waals surface area contributed by atoms with Gasteiger partial charge in [-0.1, -0.05) is 29.8 Å². The molecular weight excluding hydrogens is 416 g/mol. The van der Waals surface area contributed by atoms with Gasteiger partial charge in [0.05, 0.1) is 36.3 Å². The van der Waals surface area contributed by atoms with Crippen LogP contribution in [0.15, 0.2) is 48.8 Å². The molecule has 8 heteroatoms. The number of para-hydroxylation sites is 1. The molecule has 0 atom stereocenters. The van der Waals surface area contributed by atoms with Gasteiger partial charge in [0.15, 0.2) is 0 Å². The zero-order valence-electron chi connectivity index (χ0n) is 17.6. The number of carbonyl (C=O) groups excluding carboxylic acids is 1. The van der Waals surface area contributed by atoms with Crippen LogP contribution in [-0.2, 0) is 4.74 Å². The number of ether oxygens (including phenoxy) is 2. The number of nitrogens with one attached hydrogen (secondary N) is 1. The first-order chi connectivity index (χ1) is 14.9. The van der Waals surface area contributed by atoms with Crippen LogP contribution in [0.25, 0.3) is 28.3 Å². The van der Waals surface area contributed by atoms with E-state index in [0.717, 1.165) is 33.9 Å². The van der Waals surface area contributed by atoms with E-state index in [1.807, 2.05) is 42.7 Å². The van der Waals surface area contributed by atoms with E-state index in [4.69, 9.17) is 21.1 Å². The second-order valence-corrected chi connectivity index (χ2v) is 7.43. The SMILES string of the molecule is COC(=O)c1ccc(-c2cc(-c3ncn(-c4c(C)cccc4Cl)c3C)[nH]n2)cc1OC. The fourth-order valence-corrected chi connectivity index (χ4v) is 3.86. The minimum atomic E-state index is -0.456. The number of aromatic amines is 1. The predicted octanol–water partition coefficient (Wildman–Crippen LogP) is 4.99. The lowest BCUT2D eigenvalue weighted by atomic mass is 10.1. The Bertz CT molecular complexity index is 1260. The van der Waals surface area contributed by atoms with Gasteiger partial charge in [0.1, 0.15) is 23.3 Å². The highest BCUT2D eigenvalue weighted by molar-refractivity contribution is 6.32. The second-order valence-electron chi connectivity index (χ2n) is 7.03. The Kier molecular flexibility index (Phi) is 5.52. The van der Waals surface area contributed by atoms with Crippen LogP contribution in [0, 0.1) is 13.8 Å². The number of H-pyrrole nitrogens is 1. The average molecular weight is 437 g/mol. The van der Waals surface area contributed by atoms with E-state index in [1.165, 1.54) is 14.2 Å². The maximum absolute atomic E-state index is 11.9. The van der Waals surface area contributed by atoms with Gasteiger partial charge in [-0.3, -0.25) is 5.10 Å². The summed E-state index contributed by atoms with van der Waals surface area (Å²) in [5.41, 5.74) is 6.30. The van der Waals surface area contributed by atoms with Gasteiger partial charge in [0, 0.05) is 11.3 Å². The van der Waals surface area contributed by atoms with Crippen LogP contribution in [0.4, 0.5) is 0 Å². The van der Waals surface area contributed by atoms with E-state index >= 15 is 0 Å². The van der Waals surface area contributed by atoms with Gasteiger partial charge in [-0.15, -0.1) is 0 Å². The third-order valence-electron chi connectivity index (χ3n) is 5.17. The molecule has 0 aliphatic heterocycles. The first-order valence-corrected chi connectivity index (χ1v) is 9.94. The third-order valence-corrected chi connectivity index (χ3v) is 5.48.